The molecule has 1 spiro atoms. The van der Waals surface area contributed by atoms with Crippen LogP contribution in [0, 0.1) is 23.7 Å². The molecule has 1 saturated carbocycles. The van der Waals surface area contributed by atoms with Gasteiger partial charge < -0.3 is 67.8 Å². The van der Waals surface area contributed by atoms with E-state index in [1.807, 2.05) is 26.0 Å². The van der Waals surface area contributed by atoms with Crippen LogP contribution in [0.3, 0.4) is 0 Å². The van der Waals surface area contributed by atoms with E-state index in [4.69, 9.17) is 47.4 Å². The second-order valence-corrected chi connectivity index (χ2v) is 20.5. The Balaban J connectivity index is 1.09. The highest BCUT2D eigenvalue weighted by Crippen LogP contribution is 2.49. The Morgan fingerprint density at radius 2 is 1.52 bits per heavy atom. The van der Waals surface area contributed by atoms with Crippen molar-refractivity contribution in [1.29, 1.82) is 0 Å². The summed E-state index contributed by atoms with van der Waals surface area (Å²) in [4.78, 5) is 14.5. The number of aliphatic hydroxyl groups is 4. The molecule has 5 saturated heterocycles. The van der Waals surface area contributed by atoms with Gasteiger partial charge in [-0.1, -0.05) is 63.5 Å². The van der Waals surface area contributed by atoms with Crippen LogP contribution < -0.4 is 0 Å². The number of fused-ring (bicyclic) bond motifs is 2. The van der Waals surface area contributed by atoms with E-state index in [0.717, 1.165) is 31.3 Å². The van der Waals surface area contributed by atoms with Crippen molar-refractivity contribution < 1.29 is 72.6 Å². The maximum absolute atomic E-state index is 14.5. The average molecular weight is 917 g/mol. The van der Waals surface area contributed by atoms with Gasteiger partial charge in [-0.15, -0.1) is 0 Å². The summed E-state index contributed by atoms with van der Waals surface area (Å²) < 4.78 is 64.1. The summed E-state index contributed by atoms with van der Waals surface area (Å²) in [5.41, 5.74) is 0.0560. The Hall–Kier alpha value is -2.09. The monoisotopic (exact) mass is 917 g/mol. The van der Waals surface area contributed by atoms with Crippen molar-refractivity contribution in [1.82, 2.24) is 0 Å². The van der Waals surface area contributed by atoms with Crippen LogP contribution in [0.25, 0.3) is 0 Å². The Morgan fingerprint density at radius 3 is 2.26 bits per heavy atom. The minimum atomic E-state index is -1.86. The fourth-order valence-corrected chi connectivity index (χ4v) is 12.1. The van der Waals surface area contributed by atoms with Gasteiger partial charge in [0.2, 0.25) is 0 Å². The first-order chi connectivity index (χ1) is 31.0. The maximum atomic E-state index is 14.5. The summed E-state index contributed by atoms with van der Waals surface area (Å²) >= 11 is 0. The first-order valence-corrected chi connectivity index (χ1v) is 24.4. The molecule has 20 atom stereocenters. The molecule has 2 bridgehead atoms. The van der Waals surface area contributed by atoms with Gasteiger partial charge in [-0.3, -0.25) is 4.79 Å². The van der Waals surface area contributed by atoms with Crippen molar-refractivity contribution in [3.8, 4) is 0 Å². The molecule has 4 N–H and O–H groups in total. The first kappa shape index (κ1) is 49.3. The standard InChI is InChI=1S/C50H76O15/c1-26-13-12-16-33-25-58-47-42(52)28(3)19-36(50(33,47)55)48(54)61-35-20-34(64-49(23-35)24-37(51)29(4)45(65-49)32-14-10-9-11-15-32)18-17-27(2)44(26)62-41-22-39(57-8)46(31(6)60-41)63-40-21-38(56-7)43(53)30(5)59-40/h12-13,16-17,19,26,29-32,34-47,51-53,55H,9-11,14-15,18,20-25H2,1-8H3. The third-order valence-electron chi connectivity index (χ3n) is 15.9. The SMILES string of the molecule is COC1CC(OC2C(C)OC(OC3C(C)=CCC4CC(CC5(CC(O)C(C)C(C6CCCCC6)O5)O4)OC(=O)C4C=C(C)C(O)C5OCC(=CC=CC3C)C45O)CC2OC)OC(C)C1O. The fourth-order valence-electron chi connectivity index (χ4n) is 12.1. The van der Waals surface area contributed by atoms with Crippen molar-refractivity contribution in [2.45, 2.75) is 215 Å². The second-order valence-electron chi connectivity index (χ2n) is 20.5. The van der Waals surface area contributed by atoms with E-state index in [1.165, 1.54) is 6.42 Å². The number of aliphatic hydroxyl groups excluding tert-OH is 3. The van der Waals surface area contributed by atoms with Crippen molar-refractivity contribution in [3.05, 3.63) is 47.1 Å². The van der Waals surface area contributed by atoms with Crippen LogP contribution in [0.2, 0.25) is 0 Å². The van der Waals surface area contributed by atoms with Gasteiger partial charge in [-0.2, -0.15) is 0 Å². The third-order valence-corrected chi connectivity index (χ3v) is 15.9. The Kier molecular flexibility index (Phi) is 15.5. The molecule has 0 amide bonds. The van der Waals surface area contributed by atoms with Gasteiger partial charge in [0.1, 0.15) is 42.0 Å². The molecule has 6 aliphatic heterocycles. The Labute approximate surface area is 384 Å². The van der Waals surface area contributed by atoms with E-state index in [-0.39, 0.29) is 37.4 Å². The molecule has 15 heteroatoms. The zero-order valence-corrected chi connectivity index (χ0v) is 39.6. The predicted octanol–water partition coefficient (Wildman–Crippen LogP) is 5.11. The van der Waals surface area contributed by atoms with Crippen molar-refractivity contribution in [3.63, 3.8) is 0 Å². The van der Waals surface area contributed by atoms with Gasteiger partial charge in [-0.05, 0) is 69.6 Å². The Bertz CT molecular complexity index is 1780. The lowest BCUT2D eigenvalue weighted by Crippen LogP contribution is -2.60. The molecule has 0 aromatic heterocycles. The van der Waals surface area contributed by atoms with E-state index in [0.29, 0.717) is 42.7 Å². The topological polar surface area (TPSA) is 190 Å². The number of carbonyl (C=O) groups excluding carboxylic acids is 1. The fraction of sp³-hybridized carbons (Fsp3) is 0.820. The number of allylic oxidation sites excluding steroid dienone is 2. The van der Waals surface area contributed by atoms with Gasteiger partial charge >= 0.3 is 5.97 Å². The number of rotatable bonds is 7. The number of ether oxygens (including phenoxy) is 10. The zero-order valence-electron chi connectivity index (χ0n) is 39.6. The minimum absolute atomic E-state index is 0.0165. The first-order valence-electron chi connectivity index (χ1n) is 24.4. The minimum Gasteiger partial charge on any atom is -0.462 e. The van der Waals surface area contributed by atoms with E-state index in [1.54, 1.807) is 40.2 Å². The molecule has 6 fully saturated rings. The lowest BCUT2D eigenvalue weighted by atomic mass is 9.71. The molecule has 2 aliphatic carbocycles. The molecule has 6 heterocycles. The largest absolute Gasteiger partial charge is 0.462 e. The number of hydrogen-bond acceptors (Lipinski definition) is 15. The van der Waals surface area contributed by atoms with Gasteiger partial charge in [0.25, 0.3) is 0 Å². The molecule has 8 aliphatic rings. The van der Waals surface area contributed by atoms with Crippen LogP contribution in [0.15, 0.2) is 47.1 Å². The molecular weight excluding hydrogens is 841 g/mol. The van der Waals surface area contributed by atoms with Crippen LogP contribution in [0.1, 0.15) is 112 Å². The molecule has 8 rings (SSSR count). The van der Waals surface area contributed by atoms with E-state index >= 15 is 0 Å². The predicted molar refractivity (Wildman–Crippen MR) is 236 cm³/mol. The second kappa shape index (κ2) is 20.5. The third kappa shape index (κ3) is 10.2. The van der Waals surface area contributed by atoms with E-state index in [2.05, 4.69) is 19.9 Å². The highest BCUT2D eigenvalue weighted by molar-refractivity contribution is 5.78. The Morgan fingerprint density at radius 1 is 0.815 bits per heavy atom. The van der Waals surface area contributed by atoms with Crippen LogP contribution >= 0.6 is 0 Å². The van der Waals surface area contributed by atoms with Gasteiger partial charge in [-0.25, -0.2) is 0 Å². The maximum Gasteiger partial charge on any atom is 0.316 e. The molecule has 0 aromatic rings. The number of hydrogen-bond donors (Lipinski definition) is 4. The number of methoxy groups -OCH3 is 2. The average Bonchev–Trinajstić information content (AvgIpc) is 3.62. The summed E-state index contributed by atoms with van der Waals surface area (Å²) in [5.74, 6) is -2.95. The van der Waals surface area contributed by atoms with Crippen molar-refractivity contribution >= 4 is 5.97 Å². The van der Waals surface area contributed by atoms with Gasteiger partial charge in [0.05, 0.1) is 55.4 Å². The van der Waals surface area contributed by atoms with Gasteiger partial charge in [0, 0.05) is 58.2 Å². The van der Waals surface area contributed by atoms with Crippen molar-refractivity contribution in [2.75, 3.05) is 20.8 Å². The molecule has 366 valence electrons. The van der Waals surface area contributed by atoms with Crippen LogP contribution in [-0.4, -0.2) is 151 Å². The van der Waals surface area contributed by atoms with E-state index in [9.17, 15) is 25.2 Å². The lowest BCUT2D eigenvalue weighted by molar-refractivity contribution is -0.355. The number of carbonyl (C=O) groups is 1. The highest BCUT2D eigenvalue weighted by Gasteiger charge is 2.60. The molecule has 20 unspecified atom stereocenters. The van der Waals surface area contributed by atoms with Crippen LogP contribution in [0.5, 0.6) is 0 Å². The quantitative estimate of drug-likeness (QED) is 0.195. The van der Waals surface area contributed by atoms with Crippen LogP contribution in [0.4, 0.5) is 0 Å². The summed E-state index contributed by atoms with van der Waals surface area (Å²) in [6, 6.07) is 0. The molecule has 0 radical (unpaired) electrons. The summed E-state index contributed by atoms with van der Waals surface area (Å²) in [7, 11) is 3.21. The van der Waals surface area contributed by atoms with Crippen molar-refractivity contribution in [2.24, 2.45) is 23.7 Å². The molecule has 15 nitrogen and oxygen atoms in total. The molecule has 65 heavy (non-hydrogen) atoms. The summed E-state index contributed by atoms with van der Waals surface area (Å²) in [6.45, 7) is 11.6. The van der Waals surface area contributed by atoms with Gasteiger partial charge in [0.15, 0.2) is 18.4 Å². The summed E-state index contributed by atoms with van der Waals surface area (Å²) in [5, 5.41) is 46.0. The van der Waals surface area contributed by atoms with E-state index < -0.39 is 109 Å². The highest BCUT2D eigenvalue weighted by atomic mass is 16.7. The van der Waals surface area contributed by atoms with Crippen LogP contribution in [-0.2, 0) is 52.2 Å². The molecular formula is C50H76O15. The lowest BCUT2D eigenvalue weighted by Gasteiger charge is -2.53. The zero-order chi connectivity index (χ0) is 46.4. The summed E-state index contributed by atoms with van der Waals surface area (Å²) in [6.07, 6.45) is 7.96. The smallest absolute Gasteiger partial charge is 0.316 e. The normalized spacial score (nSPS) is 47.9. The molecule has 0 aromatic carbocycles. The number of esters is 1.